The first kappa shape index (κ1) is 17.3. The number of nitrogens with one attached hydrogen (secondary N) is 2. The van der Waals surface area contributed by atoms with E-state index in [1.54, 1.807) is 6.92 Å². The predicted octanol–water partition coefficient (Wildman–Crippen LogP) is 1.98. The lowest BCUT2D eigenvalue weighted by atomic mass is 9.94. The zero-order valence-corrected chi connectivity index (χ0v) is 11.7. The van der Waals surface area contributed by atoms with Crippen LogP contribution < -0.4 is 10.6 Å². The van der Waals surface area contributed by atoms with E-state index in [2.05, 4.69) is 23.5 Å². The average molecular weight is 268 g/mol. The molecule has 0 aliphatic carbocycles. The summed E-state index contributed by atoms with van der Waals surface area (Å²) in [6, 6.07) is -0.572. The van der Waals surface area contributed by atoms with Crippen LogP contribution in [0.1, 0.15) is 46.0 Å². The van der Waals surface area contributed by atoms with Crippen molar-refractivity contribution in [3.8, 4) is 12.3 Å². The third kappa shape index (κ3) is 9.95. The zero-order chi connectivity index (χ0) is 14.7. The number of carboxylic acid groups (broad SMARTS) is 1. The highest BCUT2D eigenvalue weighted by Gasteiger charge is 2.11. The van der Waals surface area contributed by atoms with Gasteiger partial charge in [-0.2, -0.15) is 0 Å². The first-order chi connectivity index (χ1) is 8.99. The maximum absolute atomic E-state index is 11.4. The number of rotatable bonds is 9. The Morgan fingerprint density at radius 3 is 2.53 bits per heavy atom. The van der Waals surface area contributed by atoms with Crippen molar-refractivity contribution in [2.75, 3.05) is 6.54 Å². The summed E-state index contributed by atoms with van der Waals surface area (Å²) in [6.45, 7) is 4.34. The first-order valence-electron chi connectivity index (χ1n) is 6.71. The number of carbonyl (C=O) groups excluding carboxylic acids is 1. The Kier molecular flexibility index (Phi) is 9.33. The molecule has 19 heavy (non-hydrogen) atoms. The molecule has 0 aliphatic heterocycles. The van der Waals surface area contributed by atoms with Gasteiger partial charge in [-0.25, -0.2) is 4.79 Å². The molecule has 0 saturated carbocycles. The summed E-state index contributed by atoms with van der Waals surface area (Å²) in [7, 11) is 0. The van der Waals surface area contributed by atoms with Gasteiger partial charge in [-0.1, -0.05) is 25.7 Å². The molecular weight excluding hydrogens is 244 g/mol. The van der Waals surface area contributed by atoms with Crippen LogP contribution in [0.3, 0.4) is 0 Å². The van der Waals surface area contributed by atoms with Gasteiger partial charge >= 0.3 is 12.0 Å². The maximum atomic E-state index is 11.4. The van der Waals surface area contributed by atoms with Gasteiger partial charge in [0.2, 0.25) is 0 Å². The van der Waals surface area contributed by atoms with Crippen LogP contribution in [0.4, 0.5) is 4.79 Å². The Morgan fingerprint density at radius 1 is 1.32 bits per heavy atom. The van der Waals surface area contributed by atoms with Gasteiger partial charge in [-0.05, 0) is 25.7 Å². The third-order valence-electron chi connectivity index (χ3n) is 2.90. The molecule has 0 aromatic rings. The largest absolute Gasteiger partial charge is 0.481 e. The Bertz CT molecular complexity index is 323. The monoisotopic (exact) mass is 268 g/mol. The molecule has 0 saturated heterocycles. The number of carbonyl (C=O) groups is 2. The summed E-state index contributed by atoms with van der Waals surface area (Å²) in [6.07, 6.45) is 8.79. The van der Waals surface area contributed by atoms with Crippen molar-refractivity contribution in [3.63, 3.8) is 0 Å². The second-order valence-electron chi connectivity index (χ2n) is 4.66. The molecule has 0 heterocycles. The second kappa shape index (κ2) is 10.2. The average Bonchev–Trinajstić information content (AvgIpc) is 2.35. The SMILES string of the molecule is C#CC(C)NC(=O)NCCC(CCC)CCC(=O)O. The fourth-order valence-electron chi connectivity index (χ4n) is 1.85. The molecule has 0 aliphatic rings. The van der Waals surface area contributed by atoms with Gasteiger partial charge in [-0.15, -0.1) is 6.42 Å². The van der Waals surface area contributed by atoms with E-state index in [9.17, 15) is 9.59 Å². The Labute approximate surface area is 115 Å². The minimum Gasteiger partial charge on any atom is -0.481 e. The van der Waals surface area contributed by atoms with Crippen LogP contribution in [-0.2, 0) is 4.79 Å². The molecule has 2 unspecified atom stereocenters. The van der Waals surface area contributed by atoms with Crippen molar-refractivity contribution in [2.24, 2.45) is 5.92 Å². The number of hydrogen-bond acceptors (Lipinski definition) is 2. The summed E-state index contributed by atoms with van der Waals surface area (Å²) in [5.74, 6) is 1.98. The van der Waals surface area contributed by atoms with Crippen LogP contribution in [0, 0.1) is 18.3 Å². The van der Waals surface area contributed by atoms with Crippen LogP contribution in [-0.4, -0.2) is 29.7 Å². The van der Waals surface area contributed by atoms with Crippen molar-refractivity contribution in [2.45, 2.75) is 52.0 Å². The Hall–Kier alpha value is -1.70. The molecule has 5 nitrogen and oxygen atoms in total. The molecule has 0 aromatic carbocycles. The highest BCUT2D eigenvalue weighted by Crippen LogP contribution is 2.16. The van der Waals surface area contributed by atoms with Crippen molar-refractivity contribution in [1.29, 1.82) is 0 Å². The van der Waals surface area contributed by atoms with Crippen molar-refractivity contribution < 1.29 is 14.7 Å². The number of amides is 2. The van der Waals surface area contributed by atoms with E-state index in [4.69, 9.17) is 11.5 Å². The zero-order valence-electron chi connectivity index (χ0n) is 11.7. The summed E-state index contributed by atoms with van der Waals surface area (Å²) in [5, 5.41) is 14.0. The van der Waals surface area contributed by atoms with Gasteiger partial charge in [0.15, 0.2) is 0 Å². The summed E-state index contributed by atoms with van der Waals surface area (Å²) < 4.78 is 0. The lowest BCUT2D eigenvalue weighted by Gasteiger charge is -2.16. The predicted molar refractivity (Wildman–Crippen MR) is 74.7 cm³/mol. The van der Waals surface area contributed by atoms with Crippen LogP contribution in [0.5, 0.6) is 0 Å². The molecule has 108 valence electrons. The third-order valence-corrected chi connectivity index (χ3v) is 2.90. The van der Waals surface area contributed by atoms with Crippen LogP contribution in [0.25, 0.3) is 0 Å². The molecule has 5 heteroatoms. The second-order valence-corrected chi connectivity index (χ2v) is 4.66. The lowest BCUT2D eigenvalue weighted by molar-refractivity contribution is -0.137. The van der Waals surface area contributed by atoms with E-state index in [1.807, 2.05) is 0 Å². The smallest absolute Gasteiger partial charge is 0.315 e. The molecule has 0 spiro atoms. The van der Waals surface area contributed by atoms with E-state index in [1.165, 1.54) is 0 Å². The van der Waals surface area contributed by atoms with Gasteiger partial charge in [0.25, 0.3) is 0 Å². The van der Waals surface area contributed by atoms with E-state index in [-0.39, 0.29) is 18.5 Å². The first-order valence-corrected chi connectivity index (χ1v) is 6.71. The summed E-state index contributed by atoms with van der Waals surface area (Å²) in [5.41, 5.74) is 0. The van der Waals surface area contributed by atoms with E-state index in [0.717, 1.165) is 19.3 Å². The fourth-order valence-corrected chi connectivity index (χ4v) is 1.85. The number of hydrogen-bond donors (Lipinski definition) is 3. The summed E-state index contributed by atoms with van der Waals surface area (Å²) in [4.78, 5) is 22.0. The van der Waals surface area contributed by atoms with Gasteiger partial charge in [0, 0.05) is 13.0 Å². The quantitative estimate of drug-likeness (QED) is 0.559. The van der Waals surface area contributed by atoms with E-state index >= 15 is 0 Å². The Morgan fingerprint density at radius 2 is 2.00 bits per heavy atom. The van der Waals surface area contributed by atoms with Gasteiger partial charge < -0.3 is 15.7 Å². The minimum absolute atomic E-state index is 0.186. The number of carboxylic acids is 1. The van der Waals surface area contributed by atoms with Crippen LogP contribution in [0.2, 0.25) is 0 Å². The normalized spacial score (nSPS) is 13.1. The van der Waals surface area contributed by atoms with Crippen molar-refractivity contribution in [3.05, 3.63) is 0 Å². The topological polar surface area (TPSA) is 78.4 Å². The molecule has 3 N–H and O–H groups in total. The lowest BCUT2D eigenvalue weighted by Crippen LogP contribution is -2.40. The molecule has 0 rings (SSSR count). The summed E-state index contributed by atoms with van der Waals surface area (Å²) >= 11 is 0. The standard InChI is InChI=1S/C14H24N2O3/c1-4-6-12(7-8-13(17)18)9-10-15-14(19)16-11(3)5-2/h2,11-12H,4,6-10H2,1,3H3,(H,17,18)(H2,15,16,19). The molecule has 2 amide bonds. The van der Waals surface area contributed by atoms with E-state index in [0.29, 0.717) is 18.9 Å². The molecule has 0 aromatic heterocycles. The molecule has 0 radical (unpaired) electrons. The van der Waals surface area contributed by atoms with Gasteiger partial charge in [-0.3, -0.25) is 4.79 Å². The van der Waals surface area contributed by atoms with E-state index < -0.39 is 5.97 Å². The van der Waals surface area contributed by atoms with Crippen LogP contribution >= 0.6 is 0 Å². The fraction of sp³-hybridized carbons (Fsp3) is 0.714. The number of urea groups is 1. The molecule has 2 atom stereocenters. The highest BCUT2D eigenvalue weighted by molar-refractivity contribution is 5.74. The maximum Gasteiger partial charge on any atom is 0.315 e. The van der Waals surface area contributed by atoms with Crippen molar-refractivity contribution >= 4 is 12.0 Å². The minimum atomic E-state index is -0.769. The molecular formula is C14H24N2O3. The van der Waals surface area contributed by atoms with Crippen LogP contribution in [0.15, 0.2) is 0 Å². The molecule has 0 bridgehead atoms. The highest BCUT2D eigenvalue weighted by atomic mass is 16.4. The molecule has 0 fully saturated rings. The van der Waals surface area contributed by atoms with Gasteiger partial charge in [0.05, 0.1) is 6.04 Å². The number of terminal acetylenes is 1. The van der Waals surface area contributed by atoms with Crippen molar-refractivity contribution in [1.82, 2.24) is 10.6 Å². The van der Waals surface area contributed by atoms with Gasteiger partial charge in [0.1, 0.15) is 0 Å². The number of aliphatic carboxylic acids is 1. The Balaban J connectivity index is 3.88.